The van der Waals surface area contributed by atoms with Crippen LogP contribution in [0.15, 0.2) is 48.5 Å². The lowest BCUT2D eigenvalue weighted by atomic mass is 9.96. The van der Waals surface area contributed by atoms with E-state index >= 15 is 0 Å². The molecule has 0 saturated heterocycles. The number of ether oxygens (including phenoxy) is 2. The summed E-state index contributed by atoms with van der Waals surface area (Å²) in [4.78, 5) is 24.1. The summed E-state index contributed by atoms with van der Waals surface area (Å²) in [5.74, 6) is -0.0354. The SMILES string of the molecule is CCCCc1ccc(Oc2ccc3c4c(cccc24)C(=O)OC3=O)c([NH3+])c1. The molecule has 5 heteroatoms. The van der Waals surface area contributed by atoms with Gasteiger partial charge in [-0.1, -0.05) is 31.5 Å². The third-order valence-electron chi connectivity index (χ3n) is 4.79. The molecule has 1 aliphatic heterocycles. The second-order valence-corrected chi connectivity index (χ2v) is 6.66. The first kappa shape index (κ1) is 17.2. The minimum absolute atomic E-state index is 0.373. The van der Waals surface area contributed by atoms with E-state index in [1.807, 2.05) is 24.3 Å². The van der Waals surface area contributed by atoms with Gasteiger partial charge in [0.2, 0.25) is 0 Å². The Morgan fingerprint density at radius 3 is 2.44 bits per heavy atom. The highest BCUT2D eigenvalue weighted by atomic mass is 16.6. The maximum Gasteiger partial charge on any atom is 0.346 e. The fraction of sp³-hybridized carbons (Fsp3) is 0.182. The summed E-state index contributed by atoms with van der Waals surface area (Å²) in [6.07, 6.45) is 3.30. The zero-order valence-electron chi connectivity index (χ0n) is 15.1. The van der Waals surface area contributed by atoms with Crippen LogP contribution in [0.3, 0.4) is 0 Å². The van der Waals surface area contributed by atoms with Gasteiger partial charge in [0.25, 0.3) is 0 Å². The molecule has 5 nitrogen and oxygen atoms in total. The lowest BCUT2D eigenvalue weighted by molar-refractivity contribution is -0.256. The summed E-state index contributed by atoms with van der Waals surface area (Å²) in [5.41, 5.74) is 6.88. The van der Waals surface area contributed by atoms with E-state index in [1.54, 1.807) is 24.3 Å². The van der Waals surface area contributed by atoms with E-state index in [9.17, 15) is 9.59 Å². The van der Waals surface area contributed by atoms with Crippen molar-refractivity contribution in [1.29, 1.82) is 0 Å². The maximum absolute atomic E-state index is 12.0. The molecule has 0 amide bonds. The Balaban J connectivity index is 1.75. The van der Waals surface area contributed by atoms with Crippen LogP contribution in [-0.2, 0) is 11.2 Å². The van der Waals surface area contributed by atoms with Gasteiger partial charge in [0, 0.05) is 16.8 Å². The zero-order chi connectivity index (χ0) is 19.0. The van der Waals surface area contributed by atoms with Crippen molar-refractivity contribution in [2.24, 2.45) is 0 Å². The molecule has 1 aliphatic rings. The molecule has 3 aromatic carbocycles. The average molecular weight is 362 g/mol. The monoisotopic (exact) mass is 362 g/mol. The van der Waals surface area contributed by atoms with Gasteiger partial charge < -0.3 is 15.2 Å². The molecule has 0 atom stereocenters. The fourth-order valence-corrected chi connectivity index (χ4v) is 3.39. The lowest BCUT2D eigenvalue weighted by Gasteiger charge is -2.17. The Hall–Kier alpha value is -3.18. The van der Waals surface area contributed by atoms with E-state index in [0.29, 0.717) is 33.4 Å². The molecule has 0 aromatic heterocycles. The minimum atomic E-state index is -0.631. The number of esters is 2. The highest BCUT2D eigenvalue weighted by Gasteiger charge is 2.28. The molecule has 1 heterocycles. The van der Waals surface area contributed by atoms with Crippen LogP contribution in [0.1, 0.15) is 46.0 Å². The van der Waals surface area contributed by atoms with E-state index in [4.69, 9.17) is 9.47 Å². The summed E-state index contributed by atoms with van der Waals surface area (Å²) in [5, 5.41) is 1.27. The predicted octanol–water partition coefficient (Wildman–Crippen LogP) is 4.16. The van der Waals surface area contributed by atoms with Gasteiger partial charge in [0.1, 0.15) is 5.75 Å². The molecular formula is C22H20NO4+. The minimum Gasteiger partial charge on any atom is -0.450 e. The Bertz CT molecular complexity index is 1050. The number of rotatable bonds is 5. The molecular weight excluding hydrogens is 342 g/mol. The van der Waals surface area contributed by atoms with Crippen molar-refractivity contribution in [3.05, 3.63) is 65.2 Å². The second kappa shape index (κ2) is 6.85. The first-order valence-electron chi connectivity index (χ1n) is 9.03. The topological polar surface area (TPSA) is 80.2 Å². The number of hydrogen-bond acceptors (Lipinski definition) is 4. The van der Waals surface area contributed by atoms with Gasteiger partial charge in [-0.2, -0.15) is 0 Å². The quantitative estimate of drug-likeness (QED) is 0.546. The third kappa shape index (κ3) is 3.06. The van der Waals surface area contributed by atoms with Crippen LogP contribution in [0.2, 0.25) is 0 Å². The number of quaternary nitrogens is 1. The van der Waals surface area contributed by atoms with Gasteiger partial charge in [-0.05, 0) is 42.7 Å². The van der Waals surface area contributed by atoms with Crippen LogP contribution in [0.4, 0.5) is 5.69 Å². The van der Waals surface area contributed by atoms with E-state index in [0.717, 1.165) is 24.9 Å². The van der Waals surface area contributed by atoms with Crippen LogP contribution < -0.4 is 10.5 Å². The van der Waals surface area contributed by atoms with Crippen molar-refractivity contribution in [2.45, 2.75) is 26.2 Å². The van der Waals surface area contributed by atoms with Crippen molar-refractivity contribution in [3.63, 3.8) is 0 Å². The molecule has 27 heavy (non-hydrogen) atoms. The normalized spacial score (nSPS) is 13.0. The van der Waals surface area contributed by atoms with Crippen molar-refractivity contribution in [1.82, 2.24) is 0 Å². The van der Waals surface area contributed by atoms with Crippen molar-refractivity contribution < 1.29 is 24.8 Å². The summed E-state index contributed by atoms with van der Waals surface area (Å²) in [6.45, 7) is 2.17. The van der Waals surface area contributed by atoms with E-state index in [1.165, 1.54) is 5.56 Å². The third-order valence-corrected chi connectivity index (χ3v) is 4.79. The van der Waals surface area contributed by atoms with Gasteiger partial charge in [-0.3, -0.25) is 0 Å². The van der Waals surface area contributed by atoms with E-state index < -0.39 is 11.9 Å². The summed E-state index contributed by atoms with van der Waals surface area (Å²) < 4.78 is 10.9. The predicted molar refractivity (Wildman–Crippen MR) is 101 cm³/mol. The highest BCUT2D eigenvalue weighted by molar-refractivity contribution is 6.21. The Morgan fingerprint density at radius 2 is 1.70 bits per heavy atom. The number of aryl methyl sites for hydroxylation is 1. The van der Waals surface area contributed by atoms with Gasteiger partial charge in [0.15, 0.2) is 11.4 Å². The molecule has 4 rings (SSSR count). The average Bonchev–Trinajstić information content (AvgIpc) is 2.67. The standard InChI is InChI=1S/C22H19NO4/c1-2-3-5-13-8-10-19(17(23)12-13)26-18-11-9-16-20-14(18)6-4-7-15(20)21(24)27-22(16)25/h4,6-12H,2-3,5,23H2,1H3/p+1. The Labute approximate surface area is 156 Å². The number of carbonyl (C=O) groups is 2. The molecule has 0 spiro atoms. The van der Waals surface area contributed by atoms with Gasteiger partial charge in [-0.25, -0.2) is 9.59 Å². The Kier molecular flexibility index (Phi) is 4.38. The van der Waals surface area contributed by atoms with Crippen molar-refractivity contribution >= 4 is 28.4 Å². The van der Waals surface area contributed by atoms with Crippen LogP contribution >= 0.6 is 0 Å². The number of benzene rings is 3. The summed E-state index contributed by atoms with van der Waals surface area (Å²) >= 11 is 0. The first-order valence-corrected chi connectivity index (χ1v) is 9.03. The van der Waals surface area contributed by atoms with Crippen molar-refractivity contribution in [2.75, 3.05) is 0 Å². The van der Waals surface area contributed by atoms with Crippen LogP contribution in [0.25, 0.3) is 10.8 Å². The van der Waals surface area contributed by atoms with Gasteiger partial charge in [0.05, 0.1) is 11.1 Å². The maximum atomic E-state index is 12.0. The number of cyclic esters (lactones) is 2. The largest absolute Gasteiger partial charge is 0.450 e. The van der Waals surface area contributed by atoms with Crippen molar-refractivity contribution in [3.8, 4) is 11.5 Å². The second-order valence-electron chi connectivity index (χ2n) is 6.66. The van der Waals surface area contributed by atoms with Gasteiger partial charge in [-0.15, -0.1) is 0 Å². The molecule has 0 radical (unpaired) electrons. The fourth-order valence-electron chi connectivity index (χ4n) is 3.39. The number of unbranched alkanes of at least 4 members (excludes halogenated alkanes) is 1. The van der Waals surface area contributed by atoms with Crippen LogP contribution in [0, 0.1) is 0 Å². The van der Waals surface area contributed by atoms with Crippen LogP contribution in [-0.4, -0.2) is 11.9 Å². The molecule has 136 valence electrons. The molecule has 0 unspecified atom stereocenters. The first-order chi connectivity index (χ1) is 13.1. The smallest absolute Gasteiger partial charge is 0.346 e. The zero-order valence-corrected chi connectivity index (χ0v) is 15.1. The number of hydrogen-bond donors (Lipinski definition) is 1. The molecule has 0 saturated carbocycles. The lowest BCUT2D eigenvalue weighted by Crippen LogP contribution is -2.40. The molecule has 3 N–H and O–H groups in total. The van der Waals surface area contributed by atoms with Crippen LogP contribution in [0.5, 0.6) is 11.5 Å². The molecule has 0 bridgehead atoms. The van der Waals surface area contributed by atoms with E-state index in [2.05, 4.69) is 12.7 Å². The van der Waals surface area contributed by atoms with Gasteiger partial charge >= 0.3 is 11.9 Å². The molecule has 0 fully saturated rings. The van der Waals surface area contributed by atoms with E-state index in [-0.39, 0.29) is 0 Å². The Morgan fingerprint density at radius 1 is 0.963 bits per heavy atom. The molecule has 3 aromatic rings. The summed E-state index contributed by atoms with van der Waals surface area (Å²) in [6, 6.07) is 14.6. The number of carbonyl (C=O) groups excluding carboxylic acids is 2. The summed E-state index contributed by atoms with van der Waals surface area (Å²) in [7, 11) is 0. The highest BCUT2D eigenvalue weighted by Crippen LogP contribution is 2.37. The molecule has 0 aliphatic carbocycles.